The van der Waals surface area contributed by atoms with Gasteiger partial charge in [0.05, 0.1) is 0 Å². The lowest BCUT2D eigenvalue weighted by Gasteiger charge is -2.01. The molecule has 1 aliphatic carbocycles. The van der Waals surface area contributed by atoms with Crippen molar-refractivity contribution in [3.8, 4) is 0 Å². The molecule has 0 amide bonds. The highest BCUT2D eigenvalue weighted by molar-refractivity contribution is 6.29. The van der Waals surface area contributed by atoms with Gasteiger partial charge in [0.15, 0.2) is 0 Å². The number of halogens is 1. The smallest absolute Gasteiger partial charge is 0.129 e. The van der Waals surface area contributed by atoms with Crippen molar-refractivity contribution >= 4 is 11.6 Å². The first-order chi connectivity index (χ1) is 6.20. The molecule has 1 saturated carbocycles. The Labute approximate surface area is 83.1 Å². The Bertz CT molecular complexity index is 304. The van der Waals surface area contributed by atoms with Crippen LogP contribution in [-0.2, 0) is 0 Å². The van der Waals surface area contributed by atoms with Gasteiger partial charge in [-0.2, -0.15) is 0 Å². The van der Waals surface area contributed by atoms with E-state index in [1.807, 2.05) is 13.0 Å². The quantitative estimate of drug-likeness (QED) is 0.736. The Morgan fingerprint density at radius 1 is 1.62 bits per heavy atom. The fraction of sp³-hybridized carbons (Fsp3) is 0.500. The van der Waals surface area contributed by atoms with Gasteiger partial charge in [0.25, 0.3) is 0 Å². The van der Waals surface area contributed by atoms with Crippen LogP contribution in [0.4, 0.5) is 0 Å². The van der Waals surface area contributed by atoms with Crippen LogP contribution >= 0.6 is 11.6 Å². The number of rotatable bonds is 2. The zero-order valence-corrected chi connectivity index (χ0v) is 8.38. The summed E-state index contributed by atoms with van der Waals surface area (Å²) >= 11 is 5.87. The summed E-state index contributed by atoms with van der Waals surface area (Å²) < 4.78 is 0. The second kappa shape index (κ2) is 3.28. The third-order valence-electron chi connectivity index (χ3n) is 2.60. The lowest BCUT2D eigenvalue weighted by Crippen LogP contribution is -2.02. The number of nitrogens with two attached hydrogens (primary N) is 1. The molecule has 0 saturated heterocycles. The standard InChI is InChI=1S/C10H13ClN2/c1-6-2-7(4-10(11)13-6)9-3-8(9)5-12/h2,4,8-9H,3,5,12H2,1H3. The van der Waals surface area contributed by atoms with Crippen LogP contribution in [0.2, 0.25) is 5.15 Å². The largest absolute Gasteiger partial charge is 0.330 e. The number of hydrogen-bond donors (Lipinski definition) is 1. The highest BCUT2D eigenvalue weighted by Gasteiger charge is 2.37. The van der Waals surface area contributed by atoms with E-state index in [0.717, 1.165) is 12.2 Å². The third-order valence-corrected chi connectivity index (χ3v) is 2.79. The van der Waals surface area contributed by atoms with E-state index in [1.54, 1.807) is 0 Å². The van der Waals surface area contributed by atoms with Gasteiger partial charge in [-0.3, -0.25) is 0 Å². The van der Waals surface area contributed by atoms with Gasteiger partial charge in [0.1, 0.15) is 5.15 Å². The summed E-state index contributed by atoms with van der Waals surface area (Å²) in [7, 11) is 0. The number of aryl methyl sites for hydroxylation is 1. The van der Waals surface area contributed by atoms with Crippen molar-refractivity contribution in [3.05, 3.63) is 28.5 Å². The van der Waals surface area contributed by atoms with Crippen LogP contribution in [-0.4, -0.2) is 11.5 Å². The lowest BCUT2D eigenvalue weighted by atomic mass is 10.1. The normalized spacial score (nSPS) is 26.1. The topological polar surface area (TPSA) is 38.9 Å². The van der Waals surface area contributed by atoms with Crippen LogP contribution < -0.4 is 5.73 Å². The SMILES string of the molecule is Cc1cc(C2CC2CN)cc(Cl)n1. The van der Waals surface area contributed by atoms with Crippen LogP contribution in [0.1, 0.15) is 23.6 Å². The van der Waals surface area contributed by atoms with Crippen molar-refractivity contribution in [2.45, 2.75) is 19.3 Å². The molecule has 1 aliphatic rings. The summed E-state index contributed by atoms with van der Waals surface area (Å²) in [6.45, 7) is 2.75. The van der Waals surface area contributed by atoms with Gasteiger partial charge < -0.3 is 5.73 Å². The molecule has 2 N–H and O–H groups in total. The molecule has 2 nitrogen and oxygen atoms in total. The van der Waals surface area contributed by atoms with Gasteiger partial charge >= 0.3 is 0 Å². The first-order valence-electron chi connectivity index (χ1n) is 4.55. The second-order valence-corrected chi connectivity index (χ2v) is 4.09. The van der Waals surface area contributed by atoms with Crippen LogP contribution in [0.15, 0.2) is 12.1 Å². The minimum Gasteiger partial charge on any atom is -0.330 e. The van der Waals surface area contributed by atoms with Crippen molar-refractivity contribution < 1.29 is 0 Å². The van der Waals surface area contributed by atoms with Crippen LogP contribution in [0, 0.1) is 12.8 Å². The average Bonchev–Trinajstić information content (AvgIpc) is 2.80. The highest BCUT2D eigenvalue weighted by Crippen LogP contribution is 2.46. The molecule has 0 spiro atoms. The van der Waals surface area contributed by atoms with Crippen LogP contribution in [0.25, 0.3) is 0 Å². The fourth-order valence-electron chi connectivity index (χ4n) is 1.78. The molecule has 2 atom stereocenters. The summed E-state index contributed by atoms with van der Waals surface area (Å²) in [6.07, 6.45) is 1.20. The molecule has 2 unspecified atom stereocenters. The van der Waals surface area contributed by atoms with E-state index in [9.17, 15) is 0 Å². The lowest BCUT2D eigenvalue weighted by molar-refractivity contribution is 0.808. The Hall–Kier alpha value is -0.600. The van der Waals surface area contributed by atoms with E-state index in [0.29, 0.717) is 17.0 Å². The molecule has 70 valence electrons. The highest BCUT2D eigenvalue weighted by atomic mass is 35.5. The summed E-state index contributed by atoms with van der Waals surface area (Å²) in [4.78, 5) is 4.13. The van der Waals surface area contributed by atoms with E-state index in [2.05, 4.69) is 11.1 Å². The average molecular weight is 197 g/mol. The summed E-state index contributed by atoms with van der Waals surface area (Å²) in [5, 5.41) is 0.595. The molecule has 0 radical (unpaired) electrons. The number of aromatic nitrogens is 1. The van der Waals surface area contributed by atoms with Crippen molar-refractivity contribution in [2.75, 3.05) is 6.54 Å². The molecule has 1 aromatic heterocycles. The molecular formula is C10H13ClN2. The Kier molecular flexibility index (Phi) is 2.26. The van der Waals surface area contributed by atoms with E-state index in [-0.39, 0.29) is 0 Å². The van der Waals surface area contributed by atoms with E-state index >= 15 is 0 Å². The molecule has 0 aromatic carbocycles. The van der Waals surface area contributed by atoms with Gasteiger partial charge in [-0.1, -0.05) is 11.6 Å². The Morgan fingerprint density at radius 2 is 2.38 bits per heavy atom. The van der Waals surface area contributed by atoms with Crippen molar-refractivity contribution in [3.63, 3.8) is 0 Å². The maximum atomic E-state index is 5.87. The van der Waals surface area contributed by atoms with E-state index < -0.39 is 0 Å². The monoisotopic (exact) mass is 196 g/mol. The van der Waals surface area contributed by atoms with Crippen molar-refractivity contribution in [1.82, 2.24) is 4.98 Å². The Morgan fingerprint density at radius 3 is 2.92 bits per heavy atom. The van der Waals surface area contributed by atoms with Gasteiger partial charge in [-0.15, -0.1) is 0 Å². The van der Waals surface area contributed by atoms with Gasteiger partial charge in [0, 0.05) is 5.69 Å². The van der Waals surface area contributed by atoms with Crippen molar-refractivity contribution in [2.24, 2.45) is 11.7 Å². The summed E-state index contributed by atoms with van der Waals surface area (Å²) in [6, 6.07) is 4.06. The van der Waals surface area contributed by atoms with Crippen LogP contribution in [0.3, 0.4) is 0 Å². The van der Waals surface area contributed by atoms with E-state index in [4.69, 9.17) is 17.3 Å². The minimum atomic E-state index is 0.595. The maximum absolute atomic E-state index is 5.87. The predicted octanol–water partition coefficient (Wildman–Crippen LogP) is 2.11. The third kappa shape index (κ3) is 1.84. The zero-order valence-electron chi connectivity index (χ0n) is 7.63. The van der Waals surface area contributed by atoms with Crippen molar-refractivity contribution in [1.29, 1.82) is 0 Å². The molecule has 1 aromatic rings. The Balaban J connectivity index is 2.22. The fourth-order valence-corrected chi connectivity index (χ4v) is 2.04. The molecule has 0 aliphatic heterocycles. The zero-order chi connectivity index (χ0) is 9.42. The maximum Gasteiger partial charge on any atom is 0.129 e. The number of hydrogen-bond acceptors (Lipinski definition) is 2. The van der Waals surface area contributed by atoms with Gasteiger partial charge in [0.2, 0.25) is 0 Å². The number of nitrogens with zero attached hydrogens (tertiary/aromatic N) is 1. The molecule has 2 rings (SSSR count). The summed E-state index contributed by atoms with van der Waals surface area (Å²) in [5.41, 5.74) is 7.88. The van der Waals surface area contributed by atoms with Gasteiger partial charge in [-0.25, -0.2) is 4.98 Å². The minimum absolute atomic E-state index is 0.595. The van der Waals surface area contributed by atoms with Gasteiger partial charge in [-0.05, 0) is 49.4 Å². The predicted molar refractivity (Wildman–Crippen MR) is 53.9 cm³/mol. The summed E-state index contributed by atoms with van der Waals surface area (Å²) in [5.74, 6) is 1.29. The van der Waals surface area contributed by atoms with E-state index in [1.165, 1.54) is 12.0 Å². The number of pyridine rings is 1. The first kappa shape index (κ1) is 8.97. The molecular weight excluding hydrogens is 184 g/mol. The molecule has 1 heterocycles. The second-order valence-electron chi connectivity index (χ2n) is 3.70. The molecule has 1 fully saturated rings. The van der Waals surface area contributed by atoms with Crippen LogP contribution in [0.5, 0.6) is 0 Å². The molecule has 13 heavy (non-hydrogen) atoms. The first-order valence-corrected chi connectivity index (χ1v) is 4.92. The molecule has 0 bridgehead atoms. The molecule has 3 heteroatoms.